The van der Waals surface area contributed by atoms with Crippen molar-refractivity contribution in [1.29, 1.82) is 0 Å². The van der Waals surface area contributed by atoms with E-state index < -0.39 is 6.04 Å². The summed E-state index contributed by atoms with van der Waals surface area (Å²) >= 11 is 0. The van der Waals surface area contributed by atoms with Crippen LogP contribution < -0.4 is 16.0 Å². The average molecular weight is 417 g/mol. The average Bonchev–Trinajstić information content (AvgIpc) is 3.53. The molecule has 31 heavy (non-hydrogen) atoms. The summed E-state index contributed by atoms with van der Waals surface area (Å²) in [7, 11) is 1.58. The summed E-state index contributed by atoms with van der Waals surface area (Å²) in [4.78, 5) is 25.6. The van der Waals surface area contributed by atoms with Crippen molar-refractivity contribution in [3.8, 4) is 0 Å². The lowest BCUT2D eigenvalue weighted by Gasteiger charge is -2.16. The highest BCUT2D eigenvalue weighted by Gasteiger charge is 2.23. The molecule has 4 N–H and O–H groups in total. The van der Waals surface area contributed by atoms with E-state index in [2.05, 4.69) is 60.4 Å². The van der Waals surface area contributed by atoms with Crippen molar-refractivity contribution in [3.63, 3.8) is 0 Å². The highest BCUT2D eigenvalue weighted by Crippen LogP contribution is 2.35. The van der Waals surface area contributed by atoms with Gasteiger partial charge < -0.3 is 20.9 Å². The Morgan fingerprint density at radius 1 is 1.26 bits per heavy atom. The fraction of sp³-hybridized carbons (Fsp3) is 0.286. The van der Waals surface area contributed by atoms with Crippen LogP contribution in [0.4, 0.5) is 17.6 Å². The molecule has 0 radical (unpaired) electrons. The quantitative estimate of drug-likeness (QED) is 0.380. The summed E-state index contributed by atoms with van der Waals surface area (Å²) in [6, 6.07) is 10.1. The van der Waals surface area contributed by atoms with E-state index in [-0.39, 0.29) is 11.9 Å². The number of benzene rings is 1. The smallest absolute Gasteiger partial charge is 0.246 e. The second-order valence-corrected chi connectivity index (χ2v) is 7.54. The summed E-state index contributed by atoms with van der Waals surface area (Å²) in [6.07, 6.45) is 5.46. The lowest BCUT2D eigenvalue weighted by atomic mass is 10.1. The Labute approximate surface area is 178 Å². The third-order valence-electron chi connectivity index (χ3n) is 5.58. The normalized spacial score (nSPS) is 16.1. The van der Waals surface area contributed by atoms with Crippen LogP contribution in [0.25, 0.3) is 11.0 Å². The molecule has 1 amide bonds. The number of rotatable bonds is 6. The Bertz CT molecular complexity index is 1240. The largest absolute Gasteiger partial charge is 0.363 e. The molecular weight excluding hydrogens is 394 g/mol. The van der Waals surface area contributed by atoms with E-state index in [4.69, 9.17) is 4.98 Å². The van der Waals surface area contributed by atoms with Gasteiger partial charge in [0.25, 0.3) is 0 Å². The molecule has 3 aromatic heterocycles. The van der Waals surface area contributed by atoms with Crippen LogP contribution in [0.3, 0.4) is 0 Å². The molecule has 0 saturated heterocycles. The first-order chi connectivity index (χ1) is 15.1. The van der Waals surface area contributed by atoms with Gasteiger partial charge in [-0.2, -0.15) is 19.9 Å². The number of nitrogens with one attached hydrogen (secondary N) is 4. The molecule has 0 spiro atoms. The number of likely N-dealkylation sites (N-methyl/N-ethyl adjacent to an activating group) is 1. The third kappa shape index (κ3) is 3.56. The zero-order valence-electron chi connectivity index (χ0n) is 17.3. The predicted molar refractivity (Wildman–Crippen MR) is 117 cm³/mol. The Kier molecular flexibility index (Phi) is 4.73. The van der Waals surface area contributed by atoms with Crippen molar-refractivity contribution >= 4 is 34.5 Å². The molecule has 0 saturated carbocycles. The number of aromatic amines is 1. The van der Waals surface area contributed by atoms with Gasteiger partial charge in [-0.1, -0.05) is 24.3 Å². The van der Waals surface area contributed by atoms with Crippen molar-refractivity contribution in [2.75, 3.05) is 17.7 Å². The van der Waals surface area contributed by atoms with Gasteiger partial charge in [0.15, 0.2) is 5.82 Å². The fourth-order valence-electron chi connectivity index (χ4n) is 3.93. The van der Waals surface area contributed by atoms with Gasteiger partial charge in [0, 0.05) is 13.2 Å². The molecule has 0 aliphatic heterocycles. The van der Waals surface area contributed by atoms with Crippen LogP contribution in [0.15, 0.2) is 42.7 Å². The van der Waals surface area contributed by atoms with Gasteiger partial charge in [0.1, 0.15) is 17.5 Å². The van der Waals surface area contributed by atoms with Crippen molar-refractivity contribution in [1.82, 2.24) is 35.3 Å². The molecule has 158 valence electrons. The van der Waals surface area contributed by atoms with E-state index in [9.17, 15) is 4.79 Å². The van der Waals surface area contributed by atoms with Gasteiger partial charge in [-0.3, -0.25) is 4.79 Å². The number of anilines is 3. The minimum Gasteiger partial charge on any atom is -0.363 e. The monoisotopic (exact) mass is 417 g/mol. The highest BCUT2D eigenvalue weighted by atomic mass is 16.2. The van der Waals surface area contributed by atoms with E-state index in [0.717, 1.165) is 29.7 Å². The Morgan fingerprint density at radius 2 is 2.13 bits per heavy atom. The number of H-pyrrole nitrogens is 1. The van der Waals surface area contributed by atoms with E-state index in [1.54, 1.807) is 20.2 Å². The molecule has 1 aliphatic carbocycles. The number of hydrogen-bond acceptors (Lipinski definition) is 7. The molecule has 1 aliphatic rings. The van der Waals surface area contributed by atoms with E-state index in [0.29, 0.717) is 11.8 Å². The van der Waals surface area contributed by atoms with Gasteiger partial charge in [-0.15, -0.1) is 5.10 Å². The van der Waals surface area contributed by atoms with Crippen molar-refractivity contribution in [2.24, 2.45) is 0 Å². The van der Waals surface area contributed by atoms with Gasteiger partial charge in [0.05, 0.1) is 17.6 Å². The van der Waals surface area contributed by atoms with Crippen LogP contribution in [0.5, 0.6) is 0 Å². The van der Waals surface area contributed by atoms with Crippen LogP contribution >= 0.6 is 0 Å². The standard InChI is InChI=1S/C21H23N9O/c1-12(20(31)22-2)30-24-11-17(29-30)26-21-27-18-15(9-10-23-18)19(28-21)25-16-8-7-13-5-3-4-6-14(13)16/h3-6,9-12,16H,7-8H2,1-2H3,(H,22,31)(H3,23,25,26,27,28,29)/t12?,16-/m1/s1. The molecule has 3 heterocycles. The summed E-state index contributed by atoms with van der Waals surface area (Å²) < 4.78 is 0. The van der Waals surface area contributed by atoms with Gasteiger partial charge >= 0.3 is 0 Å². The molecule has 5 rings (SSSR count). The first-order valence-electron chi connectivity index (χ1n) is 10.2. The number of hydrogen-bond donors (Lipinski definition) is 4. The number of fused-ring (bicyclic) bond motifs is 2. The van der Waals surface area contributed by atoms with Gasteiger partial charge in [-0.05, 0) is 37.0 Å². The first-order valence-corrected chi connectivity index (χ1v) is 10.2. The molecule has 0 bridgehead atoms. The number of carbonyl (C=O) groups is 1. The SMILES string of the molecule is CNC(=O)C(C)n1ncc(Nc2nc(N[C@@H]3CCc4ccccc43)c3cc[nH]c3n2)n1. The summed E-state index contributed by atoms with van der Waals surface area (Å²) in [5.74, 6) is 1.43. The van der Waals surface area contributed by atoms with Crippen LogP contribution in [0.2, 0.25) is 0 Å². The summed E-state index contributed by atoms with van der Waals surface area (Å²) in [5.41, 5.74) is 3.41. The van der Waals surface area contributed by atoms with Gasteiger partial charge in [-0.25, -0.2) is 0 Å². The molecule has 2 atom stereocenters. The second-order valence-electron chi connectivity index (χ2n) is 7.54. The maximum Gasteiger partial charge on any atom is 0.246 e. The number of nitrogens with zero attached hydrogens (tertiary/aromatic N) is 5. The molecule has 10 heteroatoms. The van der Waals surface area contributed by atoms with E-state index in [1.165, 1.54) is 15.9 Å². The van der Waals surface area contributed by atoms with Crippen molar-refractivity contribution in [3.05, 3.63) is 53.9 Å². The van der Waals surface area contributed by atoms with E-state index in [1.807, 2.05) is 12.3 Å². The predicted octanol–water partition coefficient (Wildman–Crippen LogP) is 2.70. The topological polar surface area (TPSA) is 125 Å². The Balaban J connectivity index is 1.41. The first kappa shape index (κ1) is 19.0. The maximum absolute atomic E-state index is 11.8. The molecule has 10 nitrogen and oxygen atoms in total. The zero-order chi connectivity index (χ0) is 21.4. The summed E-state index contributed by atoms with van der Waals surface area (Å²) in [5, 5.41) is 18.7. The van der Waals surface area contributed by atoms with Gasteiger partial charge in [0.2, 0.25) is 11.9 Å². The van der Waals surface area contributed by atoms with Crippen LogP contribution in [0, 0.1) is 0 Å². The molecular formula is C21H23N9O. The lowest BCUT2D eigenvalue weighted by Crippen LogP contribution is -2.29. The molecule has 0 fully saturated rings. The molecule has 4 aromatic rings. The second kappa shape index (κ2) is 7.71. The van der Waals surface area contributed by atoms with Crippen LogP contribution in [0.1, 0.15) is 36.6 Å². The maximum atomic E-state index is 11.8. The van der Waals surface area contributed by atoms with Crippen LogP contribution in [-0.4, -0.2) is 42.9 Å². The third-order valence-corrected chi connectivity index (χ3v) is 5.58. The summed E-state index contributed by atoms with van der Waals surface area (Å²) in [6.45, 7) is 1.73. The van der Waals surface area contributed by atoms with Crippen molar-refractivity contribution < 1.29 is 4.79 Å². The molecule has 1 unspecified atom stereocenters. The van der Waals surface area contributed by atoms with Crippen LogP contribution in [-0.2, 0) is 11.2 Å². The number of aryl methyl sites for hydroxylation is 1. The van der Waals surface area contributed by atoms with Crippen molar-refractivity contribution in [2.45, 2.75) is 31.8 Å². The Hall–Kier alpha value is -3.95. The number of amides is 1. The zero-order valence-corrected chi connectivity index (χ0v) is 17.3. The van der Waals surface area contributed by atoms with E-state index >= 15 is 0 Å². The number of carbonyl (C=O) groups excluding carboxylic acids is 1. The molecule has 1 aromatic carbocycles. The fourth-order valence-corrected chi connectivity index (χ4v) is 3.93. The highest BCUT2D eigenvalue weighted by molar-refractivity contribution is 5.88. The number of aromatic nitrogens is 6. The Morgan fingerprint density at radius 3 is 3.00 bits per heavy atom. The lowest BCUT2D eigenvalue weighted by molar-refractivity contribution is -0.123. The minimum atomic E-state index is -0.521. The minimum absolute atomic E-state index is 0.172.